The molecule has 3 aromatic rings. The third-order valence-electron chi connectivity index (χ3n) is 7.04. The van der Waals surface area contributed by atoms with Gasteiger partial charge in [0.25, 0.3) is 5.91 Å². The van der Waals surface area contributed by atoms with Gasteiger partial charge in [0.2, 0.25) is 0 Å². The Hall–Kier alpha value is -2.93. The number of aryl methyl sites for hydroxylation is 1. The minimum Gasteiger partial charge on any atom is -0.465 e. The molecule has 0 aliphatic heterocycles. The largest absolute Gasteiger partial charge is 0.465 e. The molecule has 174 valence electrons. The smallest absolute Gasteiger partial charge is 0.341 e. The van der Waals surface area contributed by atoms with Gasteiger partial charge in [-0.1, -0.05) is 62.7 Å². The maximum absolute atomic E-state index is 13.4. The summed E-state index contributed by atoms with van der Waals surface area (Å²) >= 11 is 1.49. The van der Waals surface area contributed by atoms with E-state index in [0.717, 1.165) is 41.7 Å². The SMILES string of the molecule is CCC(C)(C)[C@@H]1CCc2c(sc(NC(=O)c3c(-c4ccccc4)noc3C)c2C(=O)OC)C1. The molecular formula is C26H30N2O4S. The molecule has 0 spiro atoms. The quantitative estimate of drug-likeness (QED) is 0.432. The van der Waals surface area contributed by atoms with Crippen molar-refractivity contribution < 1.29 is 18.8 Å². The van der Waals surface area contributed by atoms with Crippen molar-refractivity contribution in [3.05, 3.63) is 57.7 Å². The Kier molecular flexibility index (Phi) is 6.43. The number of rotatable bonds is 6. The minimum atomic E-state index is -0.415. The third kappa shape index (κ3) is 4.34. The van der Waals surface area contributed by atoms with Crippen LogP contribution in [0.4, 0.5) is 5.00 Å². The topological polar surface area (TPSA) is 81.4 Å². The molecule has 2 heterocycles. The molecule has 2 aromatic heterocycles. The average molecular weight is 467 g/mol. The van der Waals surface area contributed by atoms with Gasteiger partial charge in [-0.2, -0.15) is 0 Å². The van der Waals surface area contributed by atoms with Gasteiger partial charge < -0.3 is 14.6 Å². The lowest BCUT2D eigenvalue weighted by molar-refractivity contribution is 0.0600. The Morgan fingerprint density at radius 2 is 1.97 bits per heavy atom. The van der Waals surface area contributed by atoms with Gasteiger partial charge in [0.15, 0.2) is 0 Å². The maximum atomic E-state index is 13.4. The van der Waals surface area contributed by atoms with Crippen LogP contribution >= 0.6 is 11.3 Å². The van der Waals surface area contributed by atoms with E-state index in [1.807, 2.05) is 30.3 Å². The van der Waals surface area contributed by atoms with Gasteiger partial charge >= 0.3 is 5.97 Å². The first-order valence-corrected chi connectivity index (χ1v) is 12.1. The highest BCUT2D eigenvalue weighted by Crippen LogP contribution is 2.46. The van der Waals surface area contributed by atoms with Crippen molar-refractivity contribution in [2.45, 2.75) is 53.4 Å². The summed E-state index contributed by atoms with van der Waals surface area (Å²) in [7, 11) is 1.38. The Balaban J connectivity index is 1.69. The van der Waals surface area contributed by atoms with E-state index < -0.39 is 5.97 Å². The molecule has 0 bridgehead atoms. The molecule has 1 amide bonds. The number of thiophene rings is 1. The van der Waals surface area contributed by atoms with E-state index >= 15 is 0 Å². The van der Waals surface area contributed by atoms with Crippen LogP contribution in [0.1, 0.15) is 70.5 Å². The fourth-order valence-electron chi connectivity index (χ4n) is 4.55. The fraction of sp³-hybridized carbons (Fsp3) is 0.423. The number of carbonyl (C=O) groups is 2. The number of nitrogens with one attached hydrogen (secondary N) is 1. The lowest BCUT2D eigenvalue weighted by Crippen LogP contribution is -2.28. The molecule has 1 N–H and O–H groups in total. The van der Waals surface area contributed by atoms with E-state index in [2.05, 4.69) is 31.2 Å². The van der Waals surface area contributed by atoms with Crippen molar-refractivity contribution >= 4 is 28.2 Å². The summed E-state index contributed by atoms with van der Waals surface area (Å²) in [4.78, 5) is 27.3. The number of ether oxygens (including phenoxy) is 1. The second kappa shape index (κ2) is 9.14. The second-order valence-electron chi connectivity index (χ2n) is 9.26. The fourth-order valence-corrected chi connectivity index (χ4v) is 5.86. The normalized spacial score (nSPS) is 15.7. The van der Waals surface area contributed by atoms with Crippen molar-refractivity contribution in [1.82, 2.24) is 5.16 Å². The summed E-state index contributed by atoms with van der Waals surface area (Å²) in [5.41, 5.74) is 3.36. The molecule has 33 heavy (non-hydrogen) atoms. The zero-order chi connectivity index (χ0) is 23.8. The van der Waals surface area contributed by atoms with Crippen molar-refractivity contribution in [3.8, 4) is 11.3 Å². The first kappa shape index (κ1) is 23.2. The first-order chi connectivity index (χ1) is 15.8. The molecule has 1 aromatic carbocycles. The average Bonchev–Trinajstić information content (AvgIpc) is 3.38. The van der Waals surface area contributed by atoms with Crippen LogP contribution in [0.5, 0.6) is 0 Å². The molecule has 1 aliphatic carbocycles. The molecule has 4 rings (SSSR count). The number of aromatic nitrogens is 1. The number of carbonyl (C=O) groups excluding carboxylic acids is 2. The number of esters is 1. The van der Waals surface area contributed by atoms with E-state index in [1.165, 1.54) is 18.4 Å². The predicted molar refractivity (Wildman–Crippen MR) is 130 cm³/mol. The predicted octanol–water partition coefficient (Wildman–Crippen LogP) is 6.29. The maximum Gasteiger partial charge on any atom is 0.341 e. The summed E-state index contributed by atoms with van der Waals surface area (Å²) in [5, 5.41) is 7.63. The first-order valence-electron chi connectivity index (χ1n) is 11.3. The van der Waals surface area contributed by atoms with Gasteiger partial charge in [-0.15, -0.1) is 11.3 Å². The molecule has 6 nitrogen and oxygen atoms in total. The van der Waals surface area contributed by atoms with Crippen LogP contribution in [0.15, 0.2) is 34.9 Å². The van der Waals surface area contributed by atoms with Crippen LogP contribution in [-0.2, 0) is 17.6 Å². The summed E-state index contributed by atoms with van der Waals surface area (Å²) in [6.07, 6.45) is 3.83. The van der Waals surface area contributed by atoms with Crippen molar-refractivity contribution in [1.29, 1.82) is 0 Å². The van der Waals surface area contributed by atoms with E-state index in [-0.39, 0.29) is 11.3 Å². The Bertz CT molecular complexity index is 1180. The third-order valence-corrected chi connectivity index (χ3v) is 8.21. The molecule has 0 saturated carbocycles. The zero-order valence-electron chi connectivity index (χ0n) is 19.8. The van der Waals surface area contributed by atoms with Gasteiger partial charge in [0.1, 0.15) is 22.0 Å². The van der Waals surface area contributed by atoms with Crippen LogP contribution in [0.3, 0.4) is 0 Å². The van der Waals surface area contributed by atoms with E-state index in [4.69, 9.17) is 9.26 Å². The number of hydrogen-bond acceptors (Lipinski definition) is 6. The number of nitrogens with zero attached hydrogens (tertiary/aromatic N) is 1. The summed E-state index contributed by atoms with van der Waals surface area (Å²) in [5.74, 6) is 0.202. The van der Waals surface area contributed by atoms with Gasteiger partial charge in [-0.3, -0.25) is 4.79 Å². The van der Waals surface area contributed by atoms with E-state index in [0.29, 0.717) is 33.5 Å². The number of amides is 1. The Labute approximate surface area is 198 Å². The number of methoxy groups -OCH3 is 1. The second-order valence-corrected chi connectivity index (χ2v) is 10.4. The van der Waals surface area contributed by atoms with Crippen molar-refractivity contribution in [2.24, 2.45) is 11.3 Å². The minimum absolute atomic E-state index is 0.223. The van der Waals surface area contributed by atoms with Crippen LogP contribution in [0, 0.1) is 18.3 Å². The van der Waals surface area contributed by atoms with Crippen LogP contribution in [0.25, 0.3) is 11.3 Å². The van der Waals surface area contributed by atoms with Gasteiger partial charge in [0, 0.05) is 10.4 Å². The highest BCUT2D eigenvalue weighted by molar-refractivity contribution is 7.17. The molecule has 0 unspecified atom stereocenters. The highest BCUT2D eigenvalue weighted by Gasteiger charge is 2.36. The van der Waals surface area contributed by atoms with E-state index in [9.17, 15) is 9.59 Å². The summed E-state index contributed by atoms with van der Waals surface area (Å²) in [6.45, 7) is 8.55. The molecular weight excluding hydrogens is 436 g/mol. The molecule has 7 heteroatoms. The standard InChI is InChI=1S/C26H30N2O4S/c1-6-26(3,4)17-12-13-18-19(14-17)33-24(21(18)25(30)31-5)27-23(29)20-15(2)32-28-22(20)16-10-8-7-9-11-16/h7-11,17H,6,12-14H2,1-5H3,(H,27,29)/t17-/m1/s1. The lowest BCUT2D eigenvalue weighted by Gasteiger charge is -2.36. The summed E-state index contributed by atoms with van der Waals surface area (Å²) in [6, 6.07) is 9.44. The summed E-state index contributed by atoms with van der Waals surface area (Å²) < 4.78 is 10.4. The van der Waals surface area contributed by atoms with Gasteiger partial charge in [-0.25, -0.2) is 4.79 Å². The van der Waals surface area contributed by atoms with Crippen molar-refractivity contribution in [3.63, 3.8) is 0 Å². The number of benzene rings is 1. The molecule has 0 radical (unpaired) electrons. The van der Waals surface area contributed by atoms with Gasteiger partial charge in [-0.05, 0) is 43.1 Å². The monoisotopic (exact) mass is 466 g/mol. The molecule has 0 saturated heterocycles. The Morgan fingerprint density at radius 1 is 1.24 bits per heavy atom. The molecule has 1 atom stereocenters. The van der Waals surface area contributed by atoms with Gasteiger partial charge in [0.05, 0.1) is 12.7 Å². The van der Waals surface area contributed by atoms with E-state index in [1.54, 1.807) is 6.92 Å². The van der Waals surface area contributed by atoms with Crippen molar-refractivity contribution in [2.75, 3.05) is 12.4 Å². The highest BCUT2D eigenvalue weighted by atomic mass is 32.1. The van der Waals surface area contributed by atoms with Crippen LogP contribution in [0.2, 0.25) is 0 Å². The molecule has 1 aliphatic rings. The zero-order valence-corrected chi connectivity index (χ0v) is 20.6. The molecule has 0 fully saturated rings. The lowest BCUT2D eigenvalue weighted by atomic mass is 9.69. The Morgan fingerprint density at radius 3 is 2.64 bits per heavy atom. The van der Waals surface area contributed by atoms with Crippen LogP contribution in [-0.4, -0.2) is 24.1 Å². The number of fused-ring (bicyclic) bond motifs is 1. The number of anilines is 1. The number of hydrogen-bond donors (Lipinski definition) is 1. The van der Waals surface area contributed by atoms with Crippen LogP contribution < -0.4 is 5.32 Å².